The van der Waals surface area contributed by atoms with Gasteiger partial charge in [0.1, 0.15) is 6.54 Å². The summed E-state index contributed by atoms with van der Waals surface area (Å²) >= 11 is 1.22. The summed E-state index contributed by atoms with van der Waals surface area (Å²) in [5.74, 6) is -1.10. The minimum absolute atomic E-state index is 0.157. The highest BCUT2D eigenvalue weighted by molar-refractivity contribution is 8.18. The molecule has 9 heteroatoms. The molecular formula is C25H24N4O4S. The molecule has 0 unspecified atom stereocenters. The molecule has 174 valence electrons. The molecule has 34 heavy (non-hydrogen) atoms. The molecule has 2 aromatic rings. The number of rotatable bonds is 3. The summed E-state index contributed by atoms with van der Waals surface area (Å²) in [4.78, 5) is 47.2. The van der Waals surface area contributed by atoms with Gasteiger partial charge in [-0.25, -0.2) is 0 Å². The fourth-order valence-electron chi connectivity index (χ4n) is 4.20. The van der Waals surface area contributed by atoms with Crippen molar-refractivity contribution in [2.24, 2.45) is 4.99 Å². The lowest BCUT2D eigenvalue weighted by Crippen LogP contribution is -2.38. The molecule has 8 nitrogen and oxygen atoms in total. The van der Waals surface area contributed by atoms with Crippen molar-refractivity contribution in [3.05, 3.63) is 64.1 Å². The average Bonchev–Trinajstić information content (AvgIpc) is 3.34. The van der Waals surface area contributed by atoms with Crippen LogP contribution in [-0.4, -0.2) is 60.6 Å². The molecule has 1 saturated heterocycles. The van der Waals surface area contributed by atoms with Crippen molar-refractivity contribution >= 4 is 51.6 Å². The average molecular weight is 477 g/mol. The van der Waals surface area contributed by atoms with Gasteiger partial charge >= 0.3 is 0 Å². The van der Waals surface area contributed by atoms with Gasteiger partial charge < -0.3 is 15.0 Å². The van der Waals surface area contributed by atoms with E-state index in [0.717, 1.165) is 11.1 Å². The fraction of sp³-hybridized carbons (Fsp3) is 0.280. The number of nitrogens with zero attached hydrogens (tertiary/aromatic N) is 3. The maximum atomic E-state index is 13.5. The first-order valence-electron chi connectivity index (χ1n) is 11.1. The van der Waals surface area contributed by atoms with Gasteiger partial charge in [-0.05, 0) is 48.9 Å². The van der Waals surface area contributed by atoms with Gasteiger partial charge in [0.05, 0.1) is 29.4 Å². The molecule has 5 rings (SSSR count). The van der Waals surface area contributed by atoms with Gasteiger partial charge in [0.25, 0.3) is 11.8 Å². The Hall–Kier alpha value is -3.43. The van der Waals surface area contributed by atoms with E-state index in [4.69, 9.17) is 4.74 Å². The van der Waals surface area contributed by atoms with Crippen molar-refractivity contribution in [1.82, 2.24) is 4.90 Å². The summed E-state index contributed by atoms with van der Waals surface area (Å²) in [5, 5.41) is 3.50. The first-order chi connectivity index (χ1) is 16.4. The van der Waals surface area contributed by atoms with Gasteiger partial charge in [0.2, 0.25) is 5.91 Å². The molecule has 0 radical (unpaired) electrons. The number of para-hydroxylation sites is 1. The third kappa shape index (κ3) is 4.12. The van der Waals surface area contributed by atoms with Crippen LogP contribution in [0.25, 0.3) is 5.57 Å². The maximum absolute atomic E-state index is 13.5. The van der Waals surface area contributed by atoms with Crippen LogP contribution in [0.4, 0.5) is 11.4 Å². The number of morpholine rings is 1. The number of carbonyl (C=O) groups is 3. The van der Waals surface area contributed by atoms with Gasteiger partial charge in [-0.1, -0.05) is 30.3 Å². The van der Waals surface area contributed by atoms with Crippen LogP contribution in [0.15, 0.2) is 52.4 Å². The number of amides is 3. The van der Waals surface area contributed by atoms with E-state index in [9.17, 15) is 14.4 Å². The summed E-state index contributed by atoms with van der Waals surface area (Å²) in [7, 11) is 0. The number of hydrogen-bond acceptors (Lipinski definition) is 6. The topological polar surface area (TPSA) is 91.3 Å². The number of hydrogen-bond donors (Lipinski definition) is 1. The zero-order chi connectivity index (χ0) is 23.8. The van der Waals surface area contributed by atoms with Crippen LogP contribution in [0.1, 0.15) is 16.7 Å². The lowest BCUT2D eigenvalue weighted by atomic mass is 10.1. The summed E-state index contributed by atoms with van der Waals surface area (Å²) < 4.78 is 5.38. The quantitative estimate of drug-likeness (QED) is 0.685. The van der Waals surface area contributed by atoms with Crippen LogP contribution in [0.2, 0.25) is 0 Å². The summed E-state index contributed by atoms with van der Waals surface area (Å²) in [6.45, 7) is 6.17. The lowest BCUT2D eigenvalue weighted by molar-refractivity contribution is -0.118. The second-order valence-electron chi connectivity index (χ2n) is 8.38. The number of amidine groups is 1. The Balaban J connectivity index is 1.41. The molecule has 2 aromatic carbocycles. The Morgan fingerprint density at radius 3 is 2.68 bits per heavy atom. The van der Waals surface area contributed by atoms with Gasteiger partial charge in [-0.3, -0.25) is 19.3 Å². The van der Waals surface area contributed by atoms with E-state index in [1.165, 1.54) is 16.7 Å². The van der Waals surface area contributed by atoms with Gasteiger partial charge in [-0.15, -0.1) is 0 Å². The van der Waals surface area contributed by atoms with E-state index in [2.05, 4.69) is 10.3 Å². The van der Waals surface area contributed by atoms with Gasteiger partial charge in [0, 0.05) is 24.3 Å². The van der Waals surface area contributed by atoms with E-state index in [-0.39, 0.29) is 18.4 Å². The molecule has 3 aliphatic rings. The molecule has 0 spiro atoms. The number of benzene rings is 2. The Labute approximate surface area is 201 Å². The SMILES string of the molecule is Cc1ccc(C)c(NC(=O)CN2C(=O)/C(=C3\SC(N4CCOCC4)=NC3=O)c3ccccc32)c1. The predicted octanol–water partition coefficient (Wildman–Crippen LogP) is 2.96. The van der Waals surface area contributed by atoms with Gasteiger partial charge in [-0.2, -0.15) is 4.99 Å². The first-order valence-corrected chi connectivity index (χ1v) is 11.9. The second kappa shape index (κ2) is 9.08. The molecule has 0 saturated carbocycles. The van der Waals surface area contributed by atoms with Crippen molar-refractivity contribution in [2.45, 2.75) is 13.8 Å². The molecule has 0 aromatic heterocycles. The normalized spacial score (nSPS) is 20.0. The smallest absolute Gasteiger partial charge is 0.287 e. The van der Waals surface area contributed by atoms with Crippen LogP contribution >= 0.6 is 11.8 Å². The minimum atomic E-state index is -0.425. The van der Waals surface area contributed by atoms with E-state index < -0.39 is 5.91 Å². The van der Waals surface area contributed by atoms with Gasteiger partial charge in [0.15, 0.2) is 5.17 Å². The summed E-state index contributed by atoms with van der Waals surface area (Å²) in [5.41, 5.74) is 4.24. The highest BCUT2D eigenvalue weighted by Gasteiger charge is 2.40. The van der Waals surface area contributed by atoms with E-state index >= 15 is 0 Å². The minimum Gasteiger partial charge on any atom is -0.378 e. The predicted molar refractivity (Wildman–Crippen MR) is 133 cm³/mol. The number of anilines is 2. The zero-order valence-electron chi connectivity index (χ0n) is 19.0. The number of aliphatic imine (C=N–C) groups is 1. The van der Waals surface area contributed by atoms with Crippen molar-refractivity contribution in [1.29, 1.82) is 0 Å². The highest BCUT2D eigenvalue weighted by atomic mass is 32.2. The standard InChI is InChI=1S/C25H24N4O4S/c1-15-7-8-16(2)18(13-15)26-20(30)14-29-19-6-4-3-5-17(19)21(24(29)32)22-23(31)27-25(34-22)28-9-11-33-12-10-28/h3-8,13H,9-12,14H2,1-2H3,(H,26,30)/b22-21-. The Morgan fingerprint density at radius 2 is 1.88 bits per heavy atom. The van der Waals surface area contributed by atoms with Crippen molar-refractivity contribution in [3.8, 4) is 0 Å². The fourth-order valence-corrected chi connectivity index (χ4v) is 5.26. The summed E-state index contributed by atoms with van der Waals surface area (Å²) in [6, 6.07) is 13.1. The van der Waals surface area contributed by atoms with Crippen molar-refractivity contribution in [2.75, 3.05) is 43.1 Å². The highest BCUT2D eigenvalue weighted by Crippen LogP contribution is 2.43. The van der Waals surface area contributed by atoms with Crippen molar-refractivity contribution in [3.63, 3.8) is 0 Å². The van der Waals surface area contributed by atoms with Crippen LogP contribution in [0.5, 0.6) is 0 Å². The number of aryl methyl sites for hydroxylation is 2. The molecule has 1 fully saturated rings. The molecule has 3 amide bonds. The first kappa shape index (κ1) is 22.4. The Kier molecular flexibility index (Phi) is 5.97. The maximum Gasteiger partial charge on any atom is 0.287 e. The number of carbonyl (C=O) groups excluding carboxylic acids is 3. The third-order valence-corrected chi connectivity index (χ3v) is 7.10. The molecular weight excluding hydrogens is 452 g/mol. The largest absolute Gasteiger partial charge is 0.378 e. The monoisotopic (exact) mass is 476 g/mol. The van der Waals surface area contributed by atoms with E-state index in [0.29, 0.717) is 58.9 Å². The van der Waals surface area contributed by atoms with E-state index in [1.807, 2.05) is 49.1 Å². The number of fused-ring (bicyclic) bond motifs is 1. The molecule has 0 atom stereocenters. The van der Waals surface area contributed by atoms with Crippen LogP contribution in [-0.2, 0) is 19.1 Å². The van der Waals surface area contributed by atoms with E-state index in [1.54, 1.807) is 12.1 Å². The number of nitrogens with one attached hydrogen (secondary N) is 1. The third-order valence-electron chi connectivity index (χ3n) is 5.99. The molecule has 3 aliphatic heterocycles. The Morgan fingerprint density at radius 1 is 1.12 bits per heavy atom. The van der Waals surface area contributed by atoms with Crippen LogP contribution in [0, 0.1) is 13.8 Å². The zero-order valence-corrected chi connectivity index (χ0v) is 19.8. The number of thioether (sulfide) groups is 1. The molecule has 1 N–H and O–H groups in total. The van der Waals surface area contributed by atoms with Crippen LogP contribution in [0.3, 0.4) is 0 Å². The molecule has 0 bridgehead atoms. The lowest BCUT2D eigenvalue weighted by Gasteiger charge is -2.27. The molecule has 0 aliphatic carbocycles. The molecule has 3 heterocycles. The van der Waals surface area contributed by atoms with Crippen molar-refractivity contribution < 1.29 is 19.1 Å². The Bertz CT molecular complexity index is 1260. The number of ether oxygens (including phenoxy) is 1. The second-order valence-corrected chi connectivity index (χ2v) is 9.36. The summed E-state index contributed by atoms with van der Waals surface area (Å²) in [6.07, 6.45) is 0. The van der Waals surface area contributed by atoms with Crippen LogP contribution < -0.4 is 10.2 Å².